The summed E-state index contributed by atoms with van der Waals surface area (Å²) in [6.45, 7) is 5.92. The third kappa shape index (κ3) is 4.16. The van der Waals surface area contributed by atoms with Gasteiger partial charge in [0.05, 0.1) is 5.75 Å². The minimum atomic E-state index is -3.45. The van der Waals surface area contributed by atoms with E-state index in [2.05, 4.69) is 4.98 Å². The van der Waals surface area contributed by atoms with Crippen LogP contribution >= 0.6 is 11.3 Å². The van der Waals surface area contributed by atoms with E-state index in [0.29, 0.717) is 13.0 Å². The lowest BCUT2D eigenvalue weighted by molar-refractivity contribution is 0.0241. The maximum Gasteiger partial charge on any atom is 0.410 e. The zero-order chi connectivity index (χ0) is 15.7. The van der Waals surface area contributed by atoms with Crippen molar-refractivity contribution < 1.29 is 17.9 Å². The molecule has 0 bridgehead atoms. The van der Waals surface area contributed by atoms with Gasteiger partial charge >= 0.3 is 6.09 Å². The Balaban J connectivity index is 2.08. The number of carbonyl (C=O) groups excluding carboxylic acids is 1. The van der Waals surface area contributed by atoms with Crippen LogP contribution in [-0.2, 0) is 14.6 Å². The Hall–Kier alpha value is -1.15. The third-order valence-electron chi connectivity index (χ3n) is 3.09. The molecule has 1 saturated heterocycles. The fraction of sp³-hybridized carbons (Fsp3) is 0.692. The summed E-state index contributed by atoms with van der Waals surface area (Å²) in [7, 11) is -3.45. The largest absolute Gasteiger partial charge is 0.444 e. The molecule has 2 heterocycles. The van der Waals surface area contributed by atoms with E-state index in [1.54, 1.807) is 26.2 Å². The van der Waals surface area contributed by atoms with Crippen LogP contribution in [0.25, 0.3) is 0 Å². The predicted octanol–water partition coefficient (Wildman–Crippen LogP) is 2.32. The number of rotatable bonds is 3. The van der Waals surface area contributed by atoms with Gasteiger partial charge in [-0.25, -0.2) is 18.2 Å². The van der Waals surface area contributed by atoms with Crippen molar-refractivity contribution in [3.05, 3.63) is 11.6 Å². The van der Waals surface area contributed by atoms with Crippen LogP contribution in [0.3, 0.4) is 0 Å². The molecule has 1 aromatic rings. The molecule has 8 heteroatoms. The SMILES string of the molecule is CC(C)(C)OC(=O)N1CCC[C@H]1CS(=O)(=O)c1nccs1. The molecule has 1 amide bonds. The van der Waals surface area contributed by atoms with E-state index in [0.717, 1.165) is 17.8 Å². The van der Waals surface area contributed by atoms with Gasteiger partial charge in [0.2, 0.25) is 14.2 Å². The normalized spacial score (nSPS) is 19.8. The van der Waals surface area contributed by atoms with Gasteiger partial charge in [-0.1, -0.05) is 0 Å². The monoisotopic (exact) mass is 332 g/mol. The second-order valence-corrected chi connectivity index (χ2v) is 9.15. The Bertz CT molecular complexity index is 590. The number of carbonyl (C=O) groups is 1. The predicted molar refractivity (Wildman–Crippen MR) is 80.1 cm³/mol. The molecule has 1 atom stereocenters. The van der Waals surface area contributed by atoms with Crippen molar-refractivity contribution in [3.8, 4) is 0 Å². The number of ether oxygens (including phenoxy) is 1. The molecular formula is C13H20N2O4S2. The van der Waals surface area contributed by atoms with Gasteiger partial charge in [-0.05, 0) is 33.6 Å². The number of nitrogens with zero attached hydrogens (tertiary/aromatic N) is 2. The molecular weight excluding hydrogens is 312 g/mol. The molecule has 0 N–H and O–H groups in total. The maximum atomic E-state index is 12.3. The molecule has 0 aliphatic carbocycles. The highest BCUT2D eigenvalue weighted by Crippen LogP contribution is 2.24. The van der Waals surface area contributed by atoms with Crippen LogP contribution in [0.4, 0.5) is 4.79 Å². The number of aromatic nitrogens is 1. The molecule has 2 rings (SSSR count). The second-order valence-electron chi connectivity index (χ2n) is 6.05. The van der Waals surface area contributed by atoms with Crippen molar-refractivity contribution in [1.29, 1.82) is 0 Å². The number of likely N-dealkylation sites (tertiary alicyclic amines) is 1. The maximum absolute atomic E-state index is 12.3. The molecule has 0 radical (unpaired) electrons. The van der Waals surface area contributed by atoms with Gasteiger partial charge in [0.1, 0.15) is 5.60 Å². The van der Waals surface area contributed by atoms with Gasteiger partial charge in [0.15, 0.2) is 0 Å². The van der Waals surface area contributed by atoms with Gasteiger partial charge in [-0.2, -0.15) is 0 Å². The Labute approximate surface area is 129 Å². The molecule has 1 aliphatic heterocycles. The summed E-state index contributed by atoms with van der Waals surface area (Å²) in [6.07, 6.45) is 2.48. The van der Waals surface area contributed by atoms with Crippen LogP contribution in [0.15, 0.2) is 15.9 Å². The molecule has 1 fully saturated rings. The zero-order valence-electron chi connectivity index (χ0n) is 12.4. The highest BCUT2D eigenvalue weighted by Gasteiger charge is 2.36. The minimum absolute atomic E-state index is 0.0975. The average molecular weight is 332 g/mol. The lowest BCUT2D eigenvalue weighted by atomic mass is 10.2. The van der Waals surface area contributed by atoms with E-state index in [-0.39, 0.29) is 16.1 Å². The first-order valence-electron chi connectivity index (χ1n) is 6.81. The van der Waals surface area contributed by atoms with E-state index in [4.69, 9.17) is 4.74 Å². The van der Waals surface area contributed by atoms with E-state index >= 15 is 0 Å². The zero-order valence-corrected chi connectivity index (χ0v) is 14.0. The minimum Gasteiger partial charge on any atom is -0.444 e. The van der Waals surface area contributed by atoms with Crippen LogP contribution in [0.2, 0.25) is 0 Å². The first-order valence-corrected chi connectivity index (χ1v) is 9.34. The Morgan fingerprint density at radius 2 is 2.24 bits per heavy atom. The van der Waals surface area contributed by atoms with Gasteiger partial charge in [0.25, 0.3) is 0 Å². The number of amides is 1. The quantitative estimate of drug-likeness (QED) is 0.849. The van der Waals surface area contributed by atoms with Crippen LogP contribution in [-0.4, -0.2) is 48.3 Å². The van der Waals surface area contributed by atoms with Crippen molar-refractivity contribution in [2.75, 3.05) is 12.3 Å². The highest BCUT2D eigenvalue weighted by atomic mass is 32.2. The molecule has 0 spiro atoms. The second kappa shape index (κ2) is 5.92. The van der Waals surface area contributed by atoms with Gasteiger partial charge in [-0.3, -0.25) is 0 Å². The topological polar surface area (TPSA) is 76.6 Å². The summed E-state index contributed by atoms with van der Waals surface area (Å²) < 4.78 is 30.0. The number of thiazole rings is 1. The molecule has 0 saturated carbocycles. The molecule has 1 aromatic heterocycles. The van der Waals surface area contributed by atoms with E-state index in [1.807, 2.05) is 0 Å². The molecule has 0 aromatic carbocycles. The fourth-order valence-corrected chi connectivity index (χ4v) is 4.79. The summed E-state index contributed by atoms with van der Waals surface area (Å²) >= 11 is 1.10. The van der Waals surface area contributed by atoms with Crippen molar-refractivity contribution in [2.45, 2.75) is 49.6 Å². The number of hydrogen-bond donors (Lipinski definition) is 0. The summed E-state index contributed by atoms with van der Waals surface area (Å²) in [6, 6.07) is -0.339. The van der Waals surface area contributed by atoms with Crippen LogP contribution in [0.1, 0.15) is 33.6 Å². The summed E-state index contributed by atoms with van der Waals surface area (Å²) in [5, 5.41) is 1.63. The van der Waals surface area contributed by atoms with Crippen LogP contribution in [0, 0.1) is 0 Å². The molecule has 0 unspecified atom stereocenters. The van der Waals surface area contributed by atoms with Crippen molar-refractivity contribution in [2.24, 2.45) is 0 Å². The van der Waals surface area contributed by atoms with Gasteiger partial charge < -0.3 is 9.64 Å². The van der Waals surface area contributed by atoms with Crippen LogP contribution < -0.4 is 0 Å². The smallest absolute Gasteiger partial charge is 0.410 e. The first-order chi connectivity index (χ1) is 9.69. The van der Waals surface area contributed by atoms with E-state index in [9.17, 15) is 13.2 Å². The van der Waals surface area contributed by atoms with Crippen LogP contribution in [0.5, 0.6) is 0 Å². The van der Waals surface area contributed by atoms with E-state index in [1.165, 1.54) is 11.1 Å². The molecule has 118 valence electrons. The molecule has 1 aliphatic rings. The number of sulfone groups is 1. The Morgan fingerprint density at radius 3 is 2.81 bits per heavy atom. The molecule has 6 nitrogen and oxygen atoms in total. The van der Waals surface area contributed by atoms with Gasteiger partial charge in [0, 0.05) is 24.2 Å². The Kier molecular flexibility index (Phi) is 4.57. The highest BCUT2D eigenvalue weighted by molar-refractivity contribution is 7.93. The summed E-state index contributed by atoms with van der Waals surface area (Å²) in [4.78, 5) is 17.5. The van der Waals surface area contributed by atoms with E-state index < -0.39 is 21.5 Å². The summed E-state index contributed by atoms with van der Waals surface area (Å²) in [5.41, 5.74) is -0.585. The lowest BCUT2D eigenvalue weighted by Gasteiger charge is -2.28. The van der Waals surface area contributed by atoms with Crippen molar-refractivity contribution in [1.82, 2.24) is 9.88 Å². The first kappa shape index (κ1) is 16.2. The lowest BCUT2D eigenvalue weighted by Crippen LogP contribution is -2.42. The molecule has 21 heavy (non-hydrogen) atoms. The average Bonchev–Trinajstić information content (AvgIpc) is 2.95. The summed E-state index contributed by atoms with van der Waals surface area (Å²) in [5.74, 6) is -0.0975. The number of hydrogen-bond acceptors (Lipinski definition) is 6. The van der Waals surface area contributed by atoms with Gasteiger partial charge in [-0.15, -0.1) is 11.3 Å². The Morgan fingerprint density at radius 1 is 1.52 bits per heavy atom. The fourth-order valence-electron chi connectivity index (χ4n) is 2.26. The third-order valence-corrected chi connectivity index (χ3v) is 6.17. The van der Waals surface area contributed by atoms with Crippen molar-refractivity contribution >= 4 is 27.3 Å². The standard InChI is InChI=1S/C13H20N2O4S2/c1-13(2,3)19-12(16)15-7-4-5-10(15)9-21(17,18)11-14-6-8-20-11/h6,8,10H,4-5,7,9H2,1-3H3/t10-/m0/s1. The van der Waals surface area contributed by atoms with Crippen molar-refractivity contribution in [3.63, 3.8) is 0 Å².